The molecule has 0 radical (unpaired) electrons. The van der Waals surface area contributed by atoms with Gasteiger partial charge in [0.25, 0.3) is 0 Å². The lowest BCUT2D eigenvalue weighted by atomic mass is 10.0. The maximum absolute atomic E-state index is 12.8. The van der Waals surface area contributed by atoms with Crippen LogP contribution in [0.4, 0.5) is 0 Å². The van der Waals surface area contributed by atoms with Gasteiger partial charge in [-0.05, 0) is 17.7 Å². The molecule has 1 atom stereocenters. The van der Waals surface area contributed by atoms with Crippen molar-refractivity contribution >= 4 is 18.3 Å². The molecule has 0 bridgehead atoms. The molecule has 2 aromatic rings. The van der Waals surface area contributed by atoms with E-state index in [9.17, 15) is 4.79 Å². The fraction of sp³-hybridized carbons (Fsp3) is 0.333. The van der Waals surface area contributed by atoms with Crippen LogP contribution in [-0.4, -0.2) is 42.5 Å². The minimum atomic E-state index is 0. The lowest BCUT2D eigenvalue weighted by Gasteiger charge is -2.36. The molecule has 128 valence electrons. The highest BCUT2D eigenvalue weighted by molar-refractivity contribution is 5.85. The highest BCUT2D eigenvalue weighted by atomic mass is 35.5. The third-order valence-corrected chi connectivity index (χ3v) is 4.17. The van der Waals surface area contributed by atoms with E-state index in [1.807, 2.05) is 47.5 Å². The number of carbonyl (C=O) groups excluding carboxylic acids is 1. The van der Waals surface area contributed by atoms with E-state index < -0.39 is 0 Å². The number of amides is 1. The zero-order valence-corrected chi connectivity index (χ0v) is 14.5. The minimum absolute atomic E-state index is 0. The van der Waals surface area contributed by atoms with Gasteiger partial charge in [-0.25, -0.2) is 0 Å². The summed E-state index contributed by atoms with van der Waals surface area (Å²) < 4.78 is 5.35. The zero-order chi connectivity index (χ0) is 16.1. The molecule has 1 fully saturated rings. The molecule has 1 unspecified atom stereocenters. The molecule has 3 rings (SSSR count). The molecule has 0 saturated carbocycles. The molecule has 1 amide bonds. The monoisotopic (exact) mass is 347 g/mol. The van der Waals surface area contributed by atoms with Crippen LogP contribution >= 0.6 is 12.4 Å². The van der Waals surface area contributed by atoms with Crippen molar-refractivity contribution in [1.29, 1.82) is 0 Å². The van der Waals surface area contributed by atoms with E-state index in [0.29, 0.717) is 13.0 Å². The number of halogens is 1. The van der Waals surface area contributed by atoms with Gasteiger partial charge in [0.15, 0.2) is 0 Å². The molecule has 1 N–H and O–H groups in total. The fourth-order valence-electron chi connectivity index (χ4n) is 2.99. The van der Waals surface area contributed by atoms with E-state index in [1.54, 1.807) is 13.3 Å². The van der Waals surface area contributed by atoms with Gasteiger partial charge in [-0.2, -0.15) is 0 Å². The molecule has 1 aliphatic rings. The summed E-state index contributed by atoms with van der Waals surface area (Å²) in [5.41, 5.74) is 1.98. The van der Waals surface area contributed by atoms with E-state index in [1.165, 1.54) is 0 Å². The Hall–Kier alpha value is -2.11. The van der Waals surface area contributed by atoms with Gasteiger partial charge in [-0.1, -0.05) is 24.3 Å². The second kappa shape index (κ2) is 8.66. The average Bonchev–Trinajstić information content (AvgIpc) is 2.63. The van der Waals surface area contributed by atoms with Crippen LogP contribution in [0.2, 0.25) is 0 Å². The smallest absolute Gasteiger partial charge is 0.227 e. The van der Waals surface area contributed by atoms with Gasteiger partial charge in [0.1, 0.15) is 5.75 Å². The summed E-state index contributed by atoms with van der Waals surface area (Å²) in [6.07, 6.45) is 3.93. The fourth-order valence-corrected chi connectivity index (χ4v) is 2.99. The number of benzene rings is 1. The van der Waals surface area contributed by atoms with E-state index in [-0.39, 0.29) is 24.4 Å². The summed E-state index contributed by atoms with van der Waals surface area (Å²) in [7, 11) is 1.63. The first-order chi connectivity index (χ1) is 11.3. The molecule has 0 aliphatic carbocycles. The van der Waals surface area contributed by atoms with Gasteiger partial charge in [-0.15, -0.1) is 12.4 Å². The highest BCUT2D eigenvalue weighted by Gasteiger charge is 2.28. The van der Waals surface area contributed by atoms with E-state index >= 15 is 0 Å². The Morgan fingerprint density at radius 1 is 1.33 bits per heavy atom. The van der Waals surface area contributed by atoms with Crippen LogP contribution in [0.5, 0.6) is 5.75 Å². The number of aromatic nitrogens is 1. The van der Waals surface area contributed by atoms with Crippen molar-refractivity contribution in [1.82, 2.24) is 15.2 Å². The lowest BCUT2D eigenvalue weighted by Crippen LogP contribution is -2.49. The molecule has 2 heterocycles. The number of pyridine rings is 1. The van der Waals surface area contributed by atoms with Gasteiger partial charge in [0, 0.05) is 37.6 Å². The topological polar surface area (TPSA) is 54.5 Å². The van der Waals surface area contributed by atoms with Crippen LogP contribution in [0.3, 0.4) is 0 Å². The number of rotatable bonds is 4. The second-order valence-corrected chi connectivity index (χ2v) is 5.58. The van der Waals surface area contributed by atoms with Gasteiger partial charge in [0.2, 0.25) is 5.91 Å². The molecular weight excluding hydrogens is 326 g/mol. The average molecular weight is 348 g/mol. The van der Waals surface area contributed by atoms with Gasteiger partial charge < -0.3 is 15.0 Å². The largest absolute Gasteiger partial charge is 0.496 e. The maximum atomic E-state index is 12.8. The molecule has 1 saturated heterocycles. The number of piperazine rings is 1. The normalized spacial score (nSPS) is 17.0. The number of hydrogen-bond donors (Lipinski definition) is 1. The summed E-state index contributed by atoms with van der Waals surface area (Å²) >= 11 is 0. The number of para-hydroxylation sites is 1. The van der Waals surface area contributed by atoms with Crippen LogP contribution in [0.25, 0.3) is 0 Å². The Morgan fingerprint density at radius 2 is 2.17 bits per heavy atom. The summed E-state index contributed by atoms with van der Waals surface area (Å²) in [5, 5.41) is 3.36. The van der Waals surface area contributed by atoms with Crippen LogP contribution in [0.1, 0.15) is 17.2 Å². The number of carbonyl (C=O) groups is 1. The van der Waals surface area contributed by atoms with Gasteiger partial charge in [-0.3, -0.25) is 9.78 Å². The maximum Gasteiger partial charge on any atom is 0.227 e. The molecule has 1 aromatic heterocycles. The standard InChI is InChI=1S/C18H21N3O2.ClH/c1-23-17-7-3-2-5-14(17)11-18(22)21-10-9-20-13-16(21)15-6-4-8-19-12-15;/h2-8,12,16,20H,9-11,13H2,1H3;1H. The van der Waals surface area contributed by atoms with Crippen LogP contribution < -0.4 is 10.1 Å². The number of methoxy groups -OCH3 is 1. The number of nitrogens with one attached hydrogen (secondary N) is 1. The third kappa shape index (κ3) is 4.04. The number of hydrogen-bond acceptors (Lipinski definition) is 4. The first-order valence-corrected chi connectivity index (χ1v) is 7.81. The molecule has 6 heteroatoms. The SMILES string of the molecule is COc1ccccc1CC(=O)N1CCNCC1c1cccnc1.Cl. The van der Waals surface area contributed by atoms with E-state index in [2.05, 4.69) is 10.3 Å². The van der Waals surface area contributed by atoms with Crippen molar-refractivity contribution in [2.24, 2.45) is 0 Å². The van der Waals surface area contributed by atoms with Crippen molar-refractivity contribution in [3.63, 3.8) is 0 Å². The predicted octanol–water partition coefficient (Wildman–Crippen LogP) is 2.23. The summed E-state index contributed by atoms with van der Waals surface area (Å²) in [6, 6.07) is 11.6. The van der Waals surface area contributed by atoms with Crippen molar-refractivity contribution < 1.29 is 9.53 Å². The van der Waals surface area contributed by atoms with Crippen molar-refractivity contribution in [2.75, 3.05) is 26.7 Å². The molecule has 1 aliphatic heterocycles. The van der Waals surface area contributed by atoms with E-state index in [0.717, 1.165) is 30.0 Å². The van der Waals surface area contributed by atoms with Gasteiger partial charge in [0.05, 0.1) is 19.6 Å². The summed E-state index contributed by atoms with van der Waals surface area (Å²) in [5.74, 6) is 0.874. The molecule has 24 heavy (non-hydrogen) atoms. The Bertz CT molecular complexity index is 666. The molecular formula is C18H22ClN3O2. The highest BCUT2D eigenvalue weighted by Crippen LogP contribution is 2.24. The summed E-state index contributed by atoms with van der Waals surface area (Å²) in [6.45, 7) is 2.27. The van der Waals surface area contributed by atoms with E-state index in [4.69, 9.17) is 4.74 Å². The van der Waals surface area contributed by atoms with Crippen LogP contribution in [0, 0.1) is 0 Å². The minimum Gasteiger partial charge on any atom is -0.496 e. The molecule has 1 aromatic carbocycles. The van der Waals surface area contributed by atoms with Crippen LogP contribution in [0.15, 0.2) is 48.8 Å². The number of nitrogens with zero attached hydrogens (tertiary/aromatic N) is 2. The Balaban J connectivity index is 0.00000208. The first kappa shape index (κ1) is 18.2. The van der Waals surface area contributed by atoms with Crippen molar-refractivity contribution in [2.45, 2.75) is 12.5 Å². The van der Waals surface area contributed by atoms with Crippen LogP contribution in [-0.2, 0) is 11.2 Å². The Labute approximate surface area is 148 Å². The number of ether oxygens (including phenoxy) is 1. The lowest BCUT2D eigenvalue weighted by molar-refractivity contribution is -0.133. The quantitative estimate of drug-likeness (QED) is 0.921. The van der Waals surface area contributed by atoms with Crippen molar-refractivity contribution in [3.05, 3.63) is 59.9 Å². The summed E-state index contributed by atoms with van der Waals surface area (Å²) in [4.78, 5) is 19.0. The Morgan fingerprint density at radius 3 is 2.92 bits per heavy atom. The second-order valence-electron chi connectivity index (χ2n) is 5.58. The molecule has 5 nitrogen and oxygen atoms in total. The molecule has 0 spiro atoms. The third-order valence-electron chi connectivity index (χ3n) is 4.17. The Kier molecular flexibility index (Phi) is 6.58. The predicted molar refractivity (Wildman–Crippen MR) is 95.5 cm³/mol. The zero-order valence-electron chi connectivity index (χ0n) is 13.6. The van der Waals surface area contributed by atoms with Crippen molar-refractivity contribution in [3.8, 4) is 5.75 Å². The first-order valence-electron chi connectivity index (χ1n) is 7.81. The van der Waals surface area contributed by atoms with Gasteiger partial charge >= 0.3 is 0 Å².